The van der Waals surface area contributed by atoms with E-state index in [1.807, 2.05) is 13.8 Å². The average molecular weight is 253 g/mol. The van der Waals surface area contributed by atoms with Gasteiger partial charge in [-0.05, 0) is 39.5 Å². The van der Waals surface area contributed by atoms with Crippen molar-refractivity contribution in [2.45, 2.75) is 64.0 Å². The molecule has 0 aliphatic carbocycles. The monoisotopic (exact) mass is 253 g/mol. The fraction of sp³-hybridized carbons (Fsp3) is 0.846. The standard InChI is InChI=1S/C13H23N3O2/c1-4-7-12(2,14)11-15-10(16-18-11)13(3)8-5-6-9-17-13/h4-9,14H2,1-3H3. The quantitative estimate of drug-likeness (QED) is 0.892. The summed E-state index contributed by atoms with van der Waals surface area (Å²) in [6.45, 7) is 6.80. The molecular formula is C13H23N3O2. The molecule has 0 aromatic carbocycles. The SMILES string of the molecule is CCCC(C)(N)c1nc(C2(C)CCCCO2)no1. The predicted molar refractivity (Wildman–Crippen MR) is 67.9 cm³/mol. The van der Waals surface area contributed by atoms with Gasteiger partial charge in [0.2, 0.25) is 11.7 Å². The Kier molecular flexibility index (Phi) is 3.73. The number of aromatic nitrogens is 2. The summed E-state index contributed by atoms with van der Waals surface area (Å²) in [6, 6.07) is 0. The van der Waals surface area contributed by atoms with Crippen LogP contribution in [-0.4, -0.2) is 16.7 Å². The van der Waals surface area contributed by atoms with Crippen molar-refractivity contribution in [2.24, 2.45) is 5.73 Å². The first-order valence-corrected chi connectivity index (χ1v) is 6.75. The maximum absolute atomic E-state index is 6.20. The molecule has 1 aliphatic heterocycles. The molecular weight excluding hydrogens is 230 g/mol. The number of ether oxygens (including phenoxy) is 1. The van der Waals surface area contributed by atoms with Crippen molar-refractivity contribution in [3.8, 4) is 0 Å². The molecule has 1 aromatic heterocycles. The number of hydrogen-bond acceptors (Lipinski definition) is 5. The molecule has 18 heavy (non-hydrogen) atoms. The van der Waals surface area contributed by atoms with E-state index in [1.165, 1.54) is 0 Å². The van der Waals surface area contributed by atoms with E-state index < -0.39 is 11.1 Å². The van der Waals surface area contributed by atoms with Crippen LogP contribution in [0.2, 0.25) is 0 Å². The van der Waals surface area contributed by atoms with E-state index in [0.717, 1.165) is 38.7 Å². The maximum Gasteiger partial charge on any atom is 0.246 e. The van der Waals surface area contributed by atoms with E-state index in [-0.39, 0.29) is 0 Å². The molecule has 2 heterocycles. The highest BCUT2D eigenvalue weighted by molar-refractivity contribution is 5.05. The zero-order valence-corrected chi connectivity index (χ0v) is 11.5. The maximum atomic E-state index is 6.20. The Morgan fingerprint density at radius 1 is 1.44 bits per heavy atom. The molecule has 5 heteroatoms. The summed E-state index contributed by atoms with van der Waals surface area (Å²) in [7, 11) is 0. The lowest BCUT2D eigenvalue weighted by Crippen LogP contribution is -2.34. The van der Waals surface area contributed by atoms with Gasteiger partial charge in [-0.15, -0.1) is 0 Å². The Morgan fingerprint density at radius 3 is 2.83 bits per heavy atom. The molecule has 102 valence electrons. The van der Waals surface area contributed by atoms with Crippen LogP contribution in [0.25, 0.3) is 0 Å². The van der Waals surface area contributed by atoms with Crippen molar-refractivity contribution in [2.75, 3.05) is 6.61 Å². The fourth-order valence-electron chi connectivity index (χ4n) is 2.41. The predicted octanol–water partition coefficient (Wildman–Crippen LogP) is 2.46. The normalized spacial score (nSPS) is 28.0. The Balaban J connectivity index is 2.19. The minimum atomic E-state index is -0.551. The number of nitrogens with two attached hydrogens (primary N) is 1. The van der Waals surface area contributed by atoms with Crippen LogP contribution in [0.5, 0.6) is 0 Å². The van der Waals surface area contributed by atoms with E-state index >= 15 is 0 Å². The fourth-order valence-corrected chi connectivity index (χ4v) is 2.41. The van der Waals surface area contributed by atoms with Crippen LogP contribution in [0, 0.1) is 0 Å². The van der Waals surface area contributed by atoms with Gasteiger partial charge >= 0.3 is 0 Å². The summed E-state index contributed by atoms with van der Waals surface area (Å²) in [4.78, 5) is 4.47. The third kappa shape index (κ3) is 2.57. The Morgan fingerprint density at radius 2 is 2.22 bits per heavy atom. The first-order chi connectivity index (χ1) is 8.48. The van der Waals surface area contributed by atoms with E-state index in [0.29, 0.717) is 11.7 Å². The molecule has 2 N–H and O–H groups in total. The lowest BCUT2D eigenvalue weighted by atomic mass is 9.94. The molecule has 1 saturated heterocycles. The summed E-state index contributed by atoms with van der Waals surface area (Å²) < 4.78 is 11.1. The minimum Gasteiger partial charge on any atom is -0.367 e. The first-order valence-electron chi connectivity index (χ1n) is 6.75. The van der Waals surface area contributed by atoms with Crippen molar-refractivity contribution in [3.05, 3.63) is 11.7 Å². The second-order valence-electron chi connectivity index (χ2n) is 5.63. The van der Waals surface area contributed by atoms with Crippen molar-refractivity contribution in [1.29, 1.82) is 0 Å². The number of nitrogens with zero attached hydrogens (tertiary/aromatic N) is 2. The van der Waals surface area contributed by atoms with Crippen LogP contribution in [0.4, 0.5) is 0 Å². The minimum absolute atomic E-state index is 0.414. The van der Waals surface area contributed by atoms with Gasteiger partial charge in [0.15, 0.2) is 0 Å². The molecule has 1 fully saturated rings. The van der Waals surface area contributed by atoms with E-state index in [2.05, 4.69) is 17.1 Å². The van der Waals surface area contributed by atoms with Gasteiger partial charge in [0.1, 0.15) is 5.60 Å². The summed E-state index contributed by atoms with van der Waals surface area (Å²) >= 11 is 0. The molecule has 1 aromatic rings. The van der Waals surface area contributed by atoms with Crippen LogP contribution in [-0.2, 0) is 15.9 Å². The molecule has 0 saturated carbocycles. The summed E-state index contributed by atoms with van der Waals surface area (Å²) in [5.41, 5.74) is 5.23. The van der Waals surface area contributed by atoms with Crippen molar-refractivity contribution < 1.29 is 9.26 Å². The van der Waals surface area contributed by atoms with Crippen LogP contribution >= 0.6 is 0 Å². The van der Waals surface area contributed by atoms with Crippen molar-refractivity contribution in [1.82, 2.24) is 10.1 Å². The van der Waals surface area contributed by atoms with Gasteiger partial charge in [0.25, 0.3) is 0 Å². The number of rotatable bonds is 4. The largest absolute Gasteiger partial charge is 0.367 e. The lowest BCUT2D eigenvalue weighted by molar-refractivity contribution is -0.0770. The highest BCUT2D eigenvalue weighted by atomic mass is 16.5. The van der Waals surface area contributed by atoms with Gasteiger partial charge in [-0.25, -0.2) is 0 Å². The smallest absolute Gasteiger partial charge is 0.246 e. The third-order valence-corrected chi connectivity index (χ3v) is 3.63. The molecule has 0 amide bonds. The topological polar surface area (TPSA) is 74.2 Å². The molecule has 2 rings (SSSR count). The van der Waals surface area contributed by atoms with Gasteiger partial charge in [0.05, 0.1) is 5.54 Å². The van der Waals surface area contributed by atoms with E-state index in [1.54, 1.807) is 0 Å². The van der Waals surface area contributed by atoms with Crippen molar-refractivity contribution in [3.63, 3.8) is 0 Å². The van der Waals surface area contributed by atoms with Gasteiger partial charge in [-0.1, -0.05) is 18.5 Å². The zero-order valence-electron chi connectivity index (χ0n) is 11.5. The molecule has 2 atom stereocenters. The van der Waals surface area contributed by atoms with Crippen LogP contribution in [0.15, 0.2) is 4.52 Å². The van der Waals surface area contributed by atoms with E-state index in [4.69, 9.17) is 15.0 Å². The third-order valence-electron chi connectivity index (χ3n) is 3.63. The summed E-state index contributed by atoms with van der Waals surface area (Å²) in [5.74, 6) is 1.14. The average Bonchev–Trinajstić information content (AvgIpc) is 2.80. The Labute approximate surface area is 108 Å². The highest BCUT2D eigenvalue weighted by Crippen LogP contribution is 2.34. The lowest BCUT2D eigenvalue weighted by Gasteiger charge is -2.30. The number of hydrogen-bond donors (Lipinski definition) is 1. The molecule has 1 aliphatic rings. The zero-order chi connectivity index (χ0) is 13.2. The molecule has 0 bridgehead atoms. The van der Waals surface area contributed by atoms with Gasteiger partial charge < -0.3 is 15.0 Å². The van der Waals surface area contributed by atoms with E-state index in [9.17, 15) is 0 Å². The van der Waals surface area contributed by atoms with Crippen LogP contribution in [0.1, 0.15) is 64.6 Å². The molecule has 2 unspecified atom stereocenters. The van der Waals surface area contributed by atoms with Crippen molar-refractivity contribution >= 4 is 0 Å². The Hall–Kier alpha value is -0.940. The van der Waals surface area contributed by atoms with Gasteiger partial charge in [0, 0.05) is 6.61 Å². The van der Waals surface area contributed by atoms with Gasteiger partial charge in [-0.2, -0.15) is 4.98 Å². The first kappa shape index (κ1) is 13.5. The van der Waals surface area contributed by atoms with Crippen LogP contribution < -0.4 is 5.73 Å². The second-order valence-corrected chi connectivity index (χ2v) is 5.63. The molecule has 0 spiro atoms. The highest BCUT2D eigenvalue weighted by Gasteiger charge is 2.37. The molecule has 5 nitrogen and oxygen atoms in total. The van der Waals surface area contributed by atoms with Crippen LogP contribution in [0.3, 0.4) is 0 Å². The van der Waals surface area contributed by atoms with Gasteiger partial charge in [-0.3, -0.25) is 0 Å². The summed E-state index contributed by atoms with van der Waals surface area (Å²) in [6.07, 6.45) is 4.98. The Bertz CT molecular complexity index is 395. The summed E-state index contributed by atoms with van der Waals surface area (Å²) in [5, 5.41) is 4.07. The second kappa shape index (κ2) is 4.97. The molecule has 0 radical (unpaired) electrons.